The van der Waals surface area contributed by atoms with Crippen molar-refractivity contribution >= 4 is 9.64 Å². The van der Waals surface area contributed by atoms with Crippen molar-refractivity contribution in [1.29, 1.82) is 0 Å². The maximum atomic E-state index is 5.31. The van der Waals surface area contributed by atoms with Crippen molar-refractivity contribution in [1.82, 2.24) is 29.5 Å². The standard InChI is InChI=1S/2C12H12N2.C6H11N3.ClH.Os/c2*1-9-3-5-13-11(7-9)12-8-10(2)4-6-14-12;7-2-1-4-9-5-3-8-6-9;;/h2*3-8H,1-2H3;3,5-6H,1-2,4,7H2;1H;/q;;;;+1/p-1. The van der Waals surface area contributed by atoms with Gasteiger partial charge in [0.15, 0.2) is 0 Å². The fourth-order valence-corrected chi connectivity index (χ4v) is 3.40. The predicted octanol–water partition coefficient (Wildman–Crippen LogP) is 6.44. The molecule has 0 aliphatic rings. The van der Waals surface area contributed by atoms with Crippen LogP contribution in [0.1, 0.15) is 28.7 Å². The summed E-state index contributed by atoms with van der Waals surface area (Å²) in [7, 11) is 4.67. The molecular weight excluding hydrogens is 684 g/mol. The molecule has 0 bridgehead atoms. The Morgan fingerprint density at radius 3 is 1.26 bits per heavy atom. The van der Waals surface area contributed by atoms with E-state index < -0.39 is 0 Å². The van der Waals surface area contributed by atoms with Gasteiger partial charge in [0, 0.05) is 43.7 Å². The van der Waals surface area contributed by atoms with Crippen molar-refractivity contribution in [3.63, 3.8) is 0 Å². The topological polar surface area (TPSA) is 95.4 Å². The van der Waals surface area contributed by atoms with Gasteiger partial charge in [-0.25, -0.2) is 4.98 Å². The number of nitrogens with two attached hydrogens (primary N) is 1. The Morgan fingerprint density at radius 1 is 0.641 bits per heavy atom. The minimum atomic E-state index is 0.748. The molecule has 0 fully saturated rings. The number of pyridine rings is 4. The summed E-state index contributed by atoms with van der Waals surface area (Å²) in [5, 5.41) is 0. The molecule has 5 rings (SSSR count). The molecule has 0 aromatic carbocycles. The molecule has 0 spiro atoms. The van der Waals surface area contributed by atoms with Gasteiger partial charge in [0.1, 0.15) is 0 Å². The second-order valence-electron chi connectivity index (χ2n) is 8.82. The molecule has 9 heteroatoms. The molecule has 0 aliphatic heterocycles. The van der Waals surface area contributed by atoms with Crippen molar-refractivity contribution < 1.29 is 17.6 Å². The summed E-state index contributed by atoms with van der Waals surface area (Å²) in [4.78, 5) is 21.1. The van der Waals surface area contributed by atoms with Crippen molar-refractivity contribution in [3.8, 4) is 22.8 Å². The molecule has 0 saturated heterocycles. The third kappa shape index (κ3) is 12.0. The molecular formula is C30H35ClN7Os. The molecule has 7 nitrogen and oxygen atoms in total. The SMILES string of the molecule is Cc1ccnc(-c2cc(C)ccn2)c1.Cc1ccnc(-c2cc(C)ccn2)c1.NCCCn1ccnc1.[Cl][Os]. The number of rotatable bonds is 5. The van der Waals surface area contributed by atoms with E-state index in [0.29, 0.717) is 0 Å². The second-order valence-corrected chi connectivity index (χ2v) is 8.82. The number of halogens is 1. The molecule has 39 heavy (non-hydrogen) atoms. The van der Waals surface area contributed by atoms with Gasteiger partial charge in [-0.15, -0.1) is 0 Å². The van der Waals surface area contributed by atoms with Crippen molar-refractivity contribution in [3.05, 3.63) is 114 Å². The molecule has 5 aromatic heterocycles. The van der Waals surface area contributed by atoms with Gasteiger partial charge in [0.05, 0.1) is 29.1 Å². The van der Waals surface area contributed by atoms with Crippen LogP contribution >= 0.6 is 9.64 Å². The van der Waals surface area contributed by atoms with E-state index in [1.54, 1.807) is 12.5 Å². The van der Waals surface area contributed by atoms with E-state index in [9.17, 15) is 0 Å². The fourth-order valence-electron chi connectivity index (χ4n) is 3.40. The first-order valence-electron chi connectivity index (χ1n) is 12.4. The van der Waals surface area contributed by atoms with Crippen LogP contribution in [0.25, 0.3) is 22.8 Å². The molecule has 0 amide bonds. The molecule has 2 N–H and O–H groups in total. The van der Waals surface area contributed by atoms with Crippen LogP contribution < -0.4 is 5.73 Å². The van der Waals surface area contributed by atoms with Gasteiger partial charge in [-0.3, -0.25) is 19.9 Å². The van der Waals surface area contributed by atoms with Gasteiger partial charge < -0.3 is 10.3 Å². The van der Waals surface area contributed by atoms with Crippen LogP contribution in [0, 0.1) is 27.7 Å². The second kappa shape index (κ2) is 18.1. The van der Waals surface area contributed by atoms with E-state index >= 15 is 0 Å². The zero-order valence-corrected chi connectivity index (χ0v) is 26.1. The summed E-state index contributed by atoms with van der Waals surface area (Å²) in [5.74, 6) is 0. The number of imidazole rings is 1. The van der Waals surface area contributed by atoms with Gasteiger partial charge >= 0.3 is 27.2 Å². The van der Waals surface area contributed by atoms with E-state index in [-0.39, 0.29) is 0 Å². The molecule has 0 aliphatic carbocycles. The molecule has 0 radical (unpaired) electrons. The van der Waals surface area contributed by atoms with Crippen LogP contribution in [0.15, 0.2) is 92.0 Å². The number of aryl methyl sites for hydroxylation is 5. The quantitative estimate of drug-likeness (QED) is 0.225. The summed E-state index contributed by atoms with van der Waals surface area (Å²) >= 11 is 1.33. The Morgan fingerprint density at radius 2 is 1.00 bits per heavy atom. The van der Waals surface area contributed by atoms with E-state index in [1.807, 2.05) is 84.1 Å². The van der Waals surface area contributed by atoms with Crippen LogP contribution in [-0.4, -0.2) is 36.0 Å². The Labute approximate surface area is 245 Å². The van der Waals surface area contributed by atoms with Crippen molar-refractivity contribution in [2.75, 3.05) is 6.54 Å². The number of nitrogens with zero attached hydrogens (tertiary/aromatic N) is 6. The summed E-state index contributed by atoms with van der Waals surface area (Å²) < 4.78 is 2.02. The molecule has 5 aromatic rings. The maximum absolute atomic E-state index is 5.31. The third-order valence-corrected chi connectivity index (χ3v) is 5.37. The Kier molecular flexibility index (Phi) is 14.8. The molecule has 5 heterocycles. The first-order chi connectivity index (χ1) is 18.9. The van der Waals surface area contributed by atoms with E-state index in [0.717, 1.165) is 42.3 Å². The van der Waals surface area contributed by atoms with Crippen LogP contribution in [-0.2, 0) is 24.1 Å². The molecule has 0 unspecified atom stereocenters. The zero-order valence-electron chi connectivity index (χ0n) is 22.8. The van der Waals surface area contributed by atoms with Crippen LogP contribution in [0.2, 0.25) is 0 Å². The predicted molar refractivity (Wildman–Crippen MR) is 156 cm³/mol. The van der Waals surface area contributed by atoms with Crippen molar-refractivity contribution in [2.45, 2.75) is 40.7 Å². The normalized spacial score (nSPS) is 9.72. The minimum absolute atomic E-state index is 0.748. The summed E-state index contributed by atoms with van der Waals surface area (Å²) in [6, 6.07) is 16.1. The van der Waals surface area contributed by atoms with Gasteiger partial charge in [-0.1, -0.05) is 0 Å². The molecule has 205 valence electrons. The Hall–Kier alpha value is -3.30. The molecule has 0 atom stereocenters. The third-order valence-electron chi connectivity index (χ3n) is 5.37. The van der Waals surface area contributed by atoms with Crippen LogP contribution in [0.4, 0.5) is 0 Å². The van der Waals surface area contributed by atoms with E-state index in [1.165, 1.54) is 39.9 Å². The van der Waals surface area contributed by atoms with E-state index in [2.05, 4.69) is 62.3 Å². The fraction of sp³-hybridized carbons (Fsp3) is 0.233. The number of aromatic nitrogens is 6. The Balaban J connectivity index is 0.000000204. The first-order valence-corrected chi connectivity index (χ1v) is 15.6. The number of hydrogen-bond acceptors (Lipinski definition) is 6. The summed E-state index contributed by atoms with van der Waals surface area (Å²) in [6.45, 7) is 9.96. The summed E-state index contributed by atoms with van der Waals surface area (Å²) in [6.07, 6.45) is 13.8. The first kappa shape index (κ1) is 31.9. The van der Waals surface area contributed by atoms with Gasteiger partial charge in [-0.05, 0) is 111 Å². The van der Waals surface area contributed by atoms with Gasteiger partial charge in [0.2, 0.25) is 0 Å². The molecule has 0 saturated carbocycles. The Bertz CT molecular complexity index is 1200. The van der Waals surface area contributed by atoms with Crippen molar-refractivity contribution in [2.24, 2.45) is 5.73 Å². The van der Waals surface area contributed by atoms with Gasteiger partial charge in [-0.2, -0.15) is 0 Å². The number of hydrogen-bond donors (Lipinski definition) is 1. The average Bonchev–Trinajstić information content (AvgIpc) is 3.48. The van der Waals surface area contributed by atoms with Gasteiger partial charge in [0.25, 0.3) is 0 Å². The van der Waals surface area contributed by atoms with Crippen LogP contribution in [0.3, 0.4) is 0 Å². The van der Waals surface area contributed by atoms with E-state index in [4.69, 9.17) is 5.73 Å². The van der Waals surface area contributed by atoms with Crippen LogP contribution in [0.5, 0.6) is 0 Å². The zero-order chi connectivity index (χ0) is 28.5. The average molecular weight is 719 g/mol. The summed E-state index contributed by atoms with van der Waals surface area (Å²) in [5.41, 5.74) is 13.9. The monoisotopic (exact) mass is 720 g/mol.